The Balaban J connectivity index is 2.83. The smallest absolute Gasteiger partial charge is 0.212 e. The van der Waals surface area contributed by atoms with Gasteiger partial charge in [-0.3, -0.25) is 0 Å². The number of aromatic nitrogens is 2. The molecule has 0 saturated carbocycles. The van der Waals surface area contributed by atoms with Gasteiger partial charge in [0.1, 0.15) is 0 Å². The Morgan fingerprint density at radius 2 is 2.07 bits per heavy atom. The Bertz CT molecular complexity index is 316. The summed E-state index contributed by atoms with van der Waals surface area (Å²) in [6.07, 6.45) is 3.20. The van der Waals surface area contributed by atoms with Crippen molar-refractivity contribution < 1.29 is 5.11 Å². The highest BCUT2D eigenvalue weighted by Crippen LogP contribution is 2.23. The van der Waals surface area contributed by atoms with Gasteiger partial charge in [0.25, 0.3) is 0 Å². The zero-order chi connectivity index (χ0) is 11.4. The summed E-state index contributed by atoms with van der Waals surface area (Å²) in [5.41, 5.74) is 2.00. The molecule has 0 atom stereocenters. The Labute approximate surface area is 92.1 Å². The number of unbranched alkanes of at least 4 members (excludes halogenated alkanes) is 1. The van der Waals surface area contributed by atoms with E-state index in [1.165, 1.54) is 0 Å². The molecule has 0 saturated heterocycles. The average molecular weight is 210 g/mol. The van der Waals surface area contributed by atoms with Gasteiger partial charge in [0.05, 0.1) is 5.69 Å². The van der Waals surface area contributed by atoms with E-state index in [1.807, 2.05) is 6.92 Å². The van der Waals surface area contributed by atoms with E-state index in [-0.39, 0.29) is 0 Å². The van der Waals surface area contributed by atoms with Gasteiger partial charge in [-0.15, -0.1) is 0 Å². The first-order valence-electron chi connectivity index (χ1n) is 5.81. The predicted octanol–water partition coefficient (Wildman–Crippen LogP) is 2.90. The summed E-state index contributed by atoms with van der Waals surface area (Å²) in [7, 11) is 0. The molecule has 1 rings (SSSR count). The molecule has 0 aliphatic carbocycles. The molecule has 0 fully saturated rings. The highest BCUT2D eigenvalue weighted by Gasteiger charge is 2.13. The first-order valence-corrected chi connectivity index (χ1v) is 5.81. The summed E-state index contributed by atoms with van der Waals surface area (Å²) in [6.45, 7) is 9.18. The zero-order valence-corrected chi connectivity index (χ0v) is 10.2. The third kappa shape index (κ3) is 2.98. The SMILES string of the molecule is CCCCc1c(C)nn(CC(C)C)c1O. The summed E-state index contributed by atoms with van der Waals surface area (Å²) in [5.74, 6) is 0.879. The lowest BCUT2D eigenvalue weighted by molar-refractivity contribution is 0.368. The fraction of sp³-hybridized carbons (Fsp3) is 0.750. The van der Waals surface area contributed by atoms with E-state index >= 15 is 0 Å². The molecule has 0 spiro atoms. The van der Waals surface area contributed by atoms with Crippen molar-refractivity contribution in [3.05, 3.63) is 11.3 Å². The molecule has 1 aromatic rings. The molecule has 1 heterocycles. The van der Waals surface area contributed by atoms with Crippen molar-refractivity contribution >= 4 is 0 Å². The van der Waals surface area contributed by atoms with E-state index in [1.54, 1.807) is 4.68 Å². The predicted molar refractivity (Wildman–Crippen MR) is 62.1 cm³/mol. The lowest BCUT2D eigenvalue weighted by Gasteiger charge is -2.06. The quantitative estimate of drug-likeness (QED) is 0.811. The Morgan fingerprint density at radius 1 is 1.40 bits per heavy atom. The van der Waals surface area contributed by atoms with E-state index in [4.69, 9.17) is 0 Å². The fourth-order valence-electron chi connectivity index (χ4n) is 1.73. The Hall–Kier alpha value is -0.990. The van der Waals surface area contributed by atoms with E-state index in [9.17, 15) is 5.11 Å². The van der Waals surface area contributed by atoms with Crippen LogP contribution in [0.1, 0.15) is 44.9 Å². The second-order valence-electron chi connectivity index (χ2n) is 4.57. The van der Waals surface area contributed by atoms with Crippen LogP contribution in [0.2, 0.25) is 0 Å². The maximum absolute atomic E-state index is 9.99. The van der Waals surface area contributed by atoms with Crippen molar-refractivity contribution in [3.63, 3.8) is 0 Å². The molecule has 0 aromatic carbocycles. The van der Waals surface area contributed by atoms with Crippen LogP contribution in [0.25, 0.3) is 0 Å². The van der Waals surface area contributed by atoms with Crippen molar-refractivity contribution in [2.75, 3.05) is 0 Å². The molecule has 3 nitrogen and oxygen atoms in total. The van der Waals surface area contributed by atoms with Crippen molar-refractivity contribution in [3.8, 4) is 5.88 Å². The molecule has 0 aliphatic heterocycles. The van der Waals surface area contributed by atoms with Gasteiger partial charge >= 0.3 is 0 Å². The lowest BCUT2D eigenvalue weighted by Crippen LogP contribution is -2.05. The monoisotopic (exact) mass is 210 g/mol. The maximum Gasteiger partial charge on any atom is 0.212 e. The van der Waals surface area contributed by atoms with E-state index < -0.39 is 0 Å². The normalized spacial score (nSPS) is 11.3. The second-order valence-corrected chi connectivity index (χ2v) is 4.57. The van der Waals surface area contributed by atoms with Crippen LogP contribution in [0.5, 0.6) is 5.88 Å². The molecule has 0 amide bonds. The summed E-state index contributed by atoms with van der Waals surface area (Å²) >= 11 is 0. The molecular weight excluding hydrogens is 188 g/mol. The summed E-state index contributed by atoms with van der Waals surface area (Å²) in [6, 6.07) is 0. The summed E-state index contributed by atoms with van der Waals surface area (Å²) < 4.78 is 1.73. The van der Waals surface area contributed by atoms with Crippen LogP contribution in [-0.4, -0.2) is 14.9 Å². The van der Waals surface area contributed by atoms with Gasteiger partial charge in [-0.2, -0.15) is 5.10 Å². The van der Waals surface area contributed by atoms with E-state index in [0.29, 0.717) is 11.8 Å². The Kier molecular flexibility index (Phi) is 4.18. The van der Waals surface area contributed by atoms with Crippen LogP contribution in [0.4, 0.5) is 0 Å². The van der Waals surface area contributed by atoms with Crippen LogP contribution in [0.3, 0.4) is 0 Å². The molecule has 0 bridgehead atoms. The van der Waals surface area contributed by atoms with Gasteiger partial charge in [0.2, 0.25) is 5.88 Å². The van der Waals surface area contributed by atoms with Crippen LogP contribution >= 0.6 is 0 Å². The van der Waals surface area contributed by atoms with Crippen LogP contribution < -0.4 is 0 Å². The first-order chi connectivity index (χ1) is 7.06. The number of aryl methyl sites for hydroxylation is 1. The third-order valence-corrected chi connectivity index (χ3v) is 2.54. The van der Waals surface area contributed by atoms with Gasteiger partial charge in [-0.05, 0) is 25.7 Å². The van der Waals surface area contributed by atoms with Crippen molar-refractivity contribution in [1.29, 1.82) is 0 Å². The minimum absolute atomic E-state index is 0.370. The number of nitrogens with zero attached hydrogens (tertiary/aromatic N) is 2. The van der Waals surface area contributed by atoms with Gasteiger partial charge in [-0.1, -0.05) is 27.2 Å². The molecule has 1 N–H and O–H groups in total. The summed E-state index contributed by atoms with van der Waals surface area (Å²) in [4.78, 5) is 0. The van der Waals surface area contributed by atoms with Crippen LogP contribution in [0.15, 0.2) is 0 Å². The molecule has 86 valence electrons. The van der Waals surface area contributed by atoms with Gasteiger partial charge in [0.15, 0.2) is 0 Å². The maximum atomic E-state index is 9.99. The zero-order valence-electron chi connectivity index (χ0n) is 10.2. The largest absolute Gasteiger partial charge is 0.493 e. The minimum atomic E-state index is 0.370. The molecule has 0 unspecified atom stereocenters. The van der Waals surface area contributed by atoms with Crippen molar-refractivity contribution in [2.24, 2.45) is 5.92 Å². The molecule has 0 aliphatic rings. The molecule has 3 heteroatoms. The number of rotatable bonds is 5. The fourth-order valence-corrected chi connectivity index (χ4v) is 1.73. The average Bonchev–Trinajstić information content (AvgIpc) is 2.39. The molecule has 1 aromatic heterocycles. The van der Waals surface area contributed by atoms with Crippen molar-refractivity contribution in [1.82, 2.24) is 9.78 Å². The third-order valence-electron chi connectivity index (χ3n) is 2.54. The molecule has 0 radical (unpaired) electrons. The molecule has 15 heavy (non-hydrogen) atoms. The van der Waals surface area contributed by atoms with Gasteiger partial charge in [0, 0.05) is 12.1 Å². The van der Waals surface area contributed by atoms with Crippen LogP contribution in [0, 0.1) is 12.8 Å². The number of hydrogen-bond donors (Lipinski definition) is 1. The van der Waals surface area contributed by atoms with Gasteiger partial charge in [-0.25, -0.2) is 4.68 Å². The highest BCUT2D eigenvalue weighted by atomic mass is 16.3. The highest BCUT2D eigenvalue weighted by molar-refractivity contribution is 5.29. The van der Waals surface area contributed by atoms with E-state index in [0.717, 1.165) is 37.1 Å². The Morgan fingerprint density at radius 3 is 2.60 bits per heavy atom. The minimum Gasteiger partial charge on any atom is -0.493 e. The summed E-state index contributed by atoms with van der Waals surface area (Å²) in [5, 5.41) is 14.4. The topological polar surface area (TPSA) is 38.0 Å². The van der Waals surface area contributed by atoms with Crippen LogP contribution in [-0.2, 0) is 13.0 Å². The van der Waals surface area contributed by atoms with Gasteiger partial charge < -0.3 is 5.11 Å². The number of aromatic hydroxyl groups is 1. The van der Waals surface area contributed by atoms with E-state index in [2.05, 4.69) is 25.9 Å². The van der Waals surface area contributed by atoms with Crippen molar-refractivity contribution in [2.45, 2.75) is 53.5 Å². The standard InChI is InChI=1S/C12H22N2O/c1-5-6-7-11-10(4)13-14(12(11)15)8-9(2)3/h9,15H,5-8H2,1-4H3. The second kappa shape index (κ2) is 5.19. The number of hydrogen-bond acceptors (Lipinski definition) is 2. The first kappa shape index (κ1) is 12.1. The lowest BCUT2D eigenvalue weighted by atomic mass is 10.1. The molecular formula is C12H22N2O.